The van der Waals surface area contributed by atoms with Crippen LogP contribution in [0.25, 0.3) is 10.2 Å². The number of fused-ring (bicyclic) bond motifs is 1. The second-order valence-corrected chi connectivity index (χ2v) is 10.7. The van der Waals surface area contributed by atoms with E-state index in [2.05, 4.69) is 10.5 Å². The molecule has 190 valence electrons. The SMILES string of the molecule is CC(C)(C)[O-].CCON=c1sc2cc(N3C[C@H](CNC(=O)OC(C)(C)C)OC3=O)ccc2n1C.[Li+]. The van der Waals surface area contributed by atoms with Crippen molar-refractivity contribution in [3.8, 4) is 0 Å². The predicted molar refractivity (Wildman–Crippen MR) is 130 cm³/mol. The zero-order chi connectivity index (χ0) is 25.7. The van der Waals surface area contributed by atoms with E-state index in [9.17, 15) is 14.7 Å². The average molecular weight is 503 g/mol. The molecule has 1 aromatic carbocycles. The van der Waals surface area contributed by atoms with Gasteiger partial charge in [-0.1, -0.05) is 37.3 Å². The number of rotatable bonds is 5. The Morgan fingerprint density at radius 2 is 1.91 bits per heavy atom. The maximum Gasteiger partial charge on any atom is 1.00 e. The van der Waals surface area contributed by atoms with E-state index in [1.807, 2.05) is 36.7 Å². The van der Waals surface area contributed by atoms with Crippen molar-refractivity contribution in [2.75, 3.05) is 24.6 Å². The summed E-state index contributed by atoms with van der Waals surface area (Å²) < 4.78 is 13.5. The molecule has 3 rings (SSSR count). The Balaban J connectivity index is 0.000000927. The third-order valence-corrected chi connectivity index (χ3v) is 5.20. The third-order valence-electron chi connectivity index (χ3n) is 4.12. The number of amides is 2. The maximum atomic E-state index is 12.3. The van der Waals surface area contributed by atoms with E-state index in [0.29, 0.717) is 13.2 Å². The number of benzene rings is 1. The van der Waals surface area contributed by atoms with Crippen LogP contribution in [0.15, 0.2) is 23.4 Å². The van der Waals surface area contributed by atoms with Crippen molar-refractivity contribution in [3.05, 3.63) is 23.0 Å². The summed E-state index contributed by atoms with van der Waals surface area (Å²) >= 11 is 1.48. The summed E-state index contributed by atoms with van der Waals surface area (Å²) in [6.07, 6.45) is -1.43. The number of hydrogen-bond donors (Lipinski definition) is 1. The van der Waals surface area contributed by atoms with E-state index >= 15 is 0 Å². The molecule has 0 aliphatic carbocycles. The van der Waals surface area contributed by atoms with Crippen molar-refractivity contribution in [3.63, 3.8) is 0 Å². The van der Waals surface area contributed by atoms with E-state index in [-0.39, 0.29) is 25.4 Å². The van der Waals surface area contributed by atoms with E-state index in [0.717, 1.165) is 20.7 Å². The molecule has 12 heteroatoms. The predicted octanol–water partition coefficient (Wildman–Crippen LogP) is 0.0911. The fraction of sp³-hybridized carbons (Fsp3) is 0.609. The number of ether oxygens (including phenoxy) is 2. The quantitative estimate of drug-likeness (QED) is 0.458. The Morgan fingerprint density at radius 3 is 2.49 bits per heavy atom. The first-order valence-corrected chi connectivity index (χ1v) is 11.9. The molecule has 2 heterocycles. The molecule has 2 amide bonds. The summed E-state index contributed by atoms with van der Waals surface area (Å²) in [7, 11) is 1.92. The summed E-state index contributed by atoms with van der Waals surface area (Å²) in [5.74, 6) is 0. The van der Waals surface area contributed by atoms with Gasteiger partial charge in [-0.15, -0.1) is 5.60 Å². The second kappa shape index (κ2) is 12.7. The first-order chi connectivity index (χ1) is 15.7. The van der Waals surface area contributed by atoms with E-state index in [4.69, 9.17) is 14.3 Å². The van der Waals surface area contributed by atoms with E-state index in [1.165, 1.54) is 11.3 Å². The van der Waals surface area contributed by atoms with Gasteiger partial charge in [0.2, 0.25) is 4.80 Å². The van der Waals surface area contributed by atoms with Crippen molar-refractivity contribution in [1.82, 2.24) is 9.88 Å². The molecule has 0 saturated carbocycles. The van der Waals surface area contributed by atoms with Gasteiger partial charge in [0.25, 0.3) is 0 Å². The van der Waals surface area contributed by atoms with Crippen LogP contribution in [0.5, 0.6) is 0 Å². The molecule has 1 aliphatic rings. The van der Waals surface area contributed by atoms with Crippen molar-refractivity contribution < 1.29 is 47.9 Å². The number of nitrogens with one attached hydrogen (secondary N) is 1. The van der Waals surface area contributed by atoms with Gasteiger partial charge < -0.3 is 29.3 Å². The van der Waals surface area contributed by atoms with Crippen molar-refractivity contribution >= 4 is 39.4 Å². The van der Waals surface area contributed by atoms with Gasteiger partial charge in [-0.05, 0) is 45.9 Å². The summed E-state index contributed by atoms with van der Waals surface area (Å²) in [4.78, 5) is 31.6. The largest absolute Gasteiger partial charge is 1.00 e. The van der Waals surface area contributed by atoms with Gasteiger partial charge in [-0.2, -0.15) is 0 Å². The summed E-state index contributed by atoms with van der Waals surface area (Å²) in [5, 5.41) is 16.9. The smallest absolute Gasteiger partial charge is 0.850 e. The number of carbonyl (C=O) groups is 2. The fourth-order valence-corrected chi connectivity index (χ4v) is 3.86. The Hall–Kier alpha value is -2.19. The van der Waals surface area contributed by atoms with E-state index < -0.39 is 29.5 Å². The van der Waals surface area contributed by atoms with Gasteiger partial charge in [0.1, 0.15) is 18.3 Å². The van der Waals surface area contributed by atoms with Crippen LogP contribution in [0, 0.1) is 0 Å². The number of thiazole rings is 1. The van der Waals surface area contributed by atoms with Crippen LogP contribution in [0.4, 0.5) is 15.3 Å². The molecule has 10 nitrogen and oxygen atoms in total. The molecule has 1 saturated heterocycles. The number of aromatic nitrogens is 1. The normalized spacial score (nSPS) is 16.3. The molecule has 0 bridgehead atoms. The molecule has 1 fully saturated rings. The minimum atomic E-state index is -0.750. The van der Waals surface area contributed by atoms with Gasteiger partial charge in [0.05, 0.1) is 23.3 Å². The molecule has 0 spiro atoms. The van der Waals surface area contributed by atoms with E-state index in [1.54, 1.807) is 46.4 Å². The number of alkyl carbamates (subject to hydrolysis) is 1. The molecule has 1 aliphatic heterocycles. The number of carbonyl (C=O) groups excluding carboxylic acids is 2. The molecular formula is C23H35LiN4O6S. The third kappa shape index (κ3) is 10.1. The molecule has 35 heavy (non-hydrogen) atoms. The van der Waals surface area contributed by atoms with Gasteiger partial charge >= 0.3 is 31.0 Å². The molecular weight excluding hydrogens is 467 g/mol. The summed E-state index contributed by atoms with van der Waals surface area (Å²) in [6, 6.07) is 5.73. The Labute approximate surface area is 222 Å². The van der Waals surface area contributed by atoms with Crippen molar-refractivity contribution in [2.45, 2.75) is 65.8 Å². The van der Waals surface area contributed by atoms with Crippen LogP contribution in [0.2, 0.25) is 0 Å². The average Bonchev–Trinajstić information content (AvgIpc) is 3.21. The zero-order valence-corrected chi connectivity index (χ0v) is 22.9. The number of cyclic esters (lactones) is 1. The molecule has 1 N–H and O–H groups in total. The molecule has 1 aromatic heterocycles. The minimum Gasteiger partial charge on any atom is -0.850 e. The molecule has 2 aromatic rings. The number of hydrogen-bond acceptors (Lipinski definition) is 8. The zero-order valence-electron chi connectivity index (χ0n) is 22.1. The Kier molecular flexibility index (Phi) is 11.2. The Morgan fingerprint density at radius 1 is 1.29 bits per heavy atom. The van der Waals surface area contributed by atoms with Crippen LogP contribution in [0.1, 0.15) is 48.5 Å². The summed E-state index contributed by atoms with van der Waals surface area (Å²) in [6.45, 7) is 13.2. The van der Waals surface area contributed by atoms with Gasteiger partial charge in [-0.3, -0.25) is 4.90 Å². The van der Waals surface area contributed by atoms with Gasteiger partial charge in [0, 0.05) is 12.7 Å². The van der Waals surface area contributed by atoms with Crippen LogP contribution in [-0.2, 0) is 21.4 Å². The topological polar surface area (TPSA) is 117 Å². The van der Waals surface area contributed by atoms with Gasteiger partial charge in [-0.25, -0.2) is 9.59 Å². The molecule has 1 atom stereocenters. The second-order valence-electron chi connectivity index (χ2n) is 9.72. The first-order valence-electron chi connectivity index (χ1n) is 11.1. The minimum absolute atomic E-state index is 0. The maximum absolute atomic E-state index is 12.3. The number of nitrogens with zero attached hydrogens (tertiary/aromatic N) is 3. The van der Waals surface area contributed by atoms with Crippen LogP contribution in [0.3, 0.4) is 0 Å². The van der Waals surface area contributed by atoms with Crippen molar-refractivity contribution in [2.24, 2.45) is 12.2 Å². The van der Waals surface area contributed by atoms with Crippen molar-refractivity contribution in [1.29, 1.82) is 0 Å². The van der Waals surface area contributed by atoms with Gasteiger partial charge in [0.15, 0.2) is 0 Å². The Bertz CT molecular complexity index is 1060. The van der Waals surface area contributed by atoms with Crippen LogP contribution < -0.4 is 39.0 Å². The molecule has 0 radical (unpaired) electrons. The first kappa shape index (κ1) is 30.8. The molecule has 0 unspecified atom stereocenters. The van der Waals surface area contributed by atoms with Crippen LogP contribution >= 0.6 is 11.3 Å². The number of aryl methyl sites for hydroxylation is 1. The number of anilines is 1. The monoisotopic (exact) mass is 502 g/mol. The summed E-state index contributed by atoms with van der Waals surface area (Å²) in [5.41, 5.74) is 0.391. The van der Waals surface area contributed by atoms with Crippen LogP contribution in [-0.4, -0.2) is 53.8 Å². The fourth-order valence-electron chi connectivity index (χ4n) is 2.85. The standard InChI is InChI=1S/C19H26N4O5S.C4H9O.Li/c1-6-26-21-16-22(5)14-8-7-12(9-15(14)29-16)23-11-13(27-18(23)25)10-20-17(24)28-19(2,3)4;1-4(2,3)5;/h7-9,13H,6,10-11H2,1-5H3,(H,20,24);1-3H3;/q;-1;+1/t13-;;/m0../s1.